The van der Waals surface area contributed by atoms with E-state index in [1.165, 1.54) is 11.8 Å². The Balaban J connectivity index is 1.80. The van der Waals surface area contributed by atoms with E-state index in [0.29, 0.717) is 29.1 Å². The standard InChI is InChI=1S/C23H27N3O3S/c1-15(2)14-26-22(28)18-10-6-7-11-19(18)25-23(26)30-16(3)21(27)24-13-17-9-5-8-12-20(17)29-4/h5-12,15-16H,13-14H2,1-4H3,(H,24,27)/t16-/m1/s1. The van der Waals surface area contributed by atoms with Crippen molar-refractivity contribution in [2.45, 2.75) is 44.3 Å². The minimum atomic E-state index is -0.411. The fraction of sp³-hybridized carbons (Fsp3) is 0.348. The van der Waals surface area contributed by atoms with Crippen LogP contribution in [0.2, 0.25) is 0 Å². The summed E-state index contributed by atoms with van der Waals surface area (Å²) in [5.74, 6) is 0.893. The van der Waals surface area contributed by atoms with Crippen LogP contribution in [0, 0.1) is 5.92 Å². The molecule has 0 fully saturated rings. The molecule has 2 aromatic carbocycles. The predicted molar refractivity (Wildman–Crippen MR) is 121 cm³/mol. The van der Waals surface area contributed by atoms with E-state index in [2.05, 4.69) is 24.1 Å². The van der Waals surface area contributed by atoms with Gasteiger partial charge in [0.1, 0.15) is 5.75 Å². The number of hydrogen-bond acceptors (Lipinski definition) is 5. The molecule has 158 valence electrons. The zero-order chi connectivity index (χ0) is 21.7. The molecule has 6 nitrogen and oxygen atoms in total. The summed E-state index contributed by atoms with van der Waals surface area (Å²) in [4.78, 5) is 30.4. The Hall–Kier alpha value is -2.80. The van der Waals surface area contributed by atoms with Crippen molar-refractivity contribution in [3.05, 3.63) is 64.4 Å². The van der Waals surface area contributed by atoms with Crippen molar-refractivity contribution in [3.63, 3.8) is 0 Å². The Labute approximate surface area is 180 Å². The first-order valence-corrected chi connectivity index (χ1v) is 10.8. The third-order valence-corrected chi connectivity index (χ3v) is 5.76. The van der Waals surface area contributed by atoms with Crippen LogP contribution in [0.25, 0.3) is 10.9 Å². The number of nitrogens with zero attached hydrogens (tertiary/aromatic N) is 2. The lowest BCUT2D eigenvalue weighted by Crippen LogP contribution is -2.32. The largest absolute Gasteiger partial charge is 0.496 e. The number of thioether (sulfide) groups is 1. The number of benzene rings is 2. The highest BCUT2D eigenvalue weighted by Crippen LogP contribution is 2.24. The molecule has 0 bridgehead atoms. The summed E-state index contributed by atoms with van der Waals surface area (Å²) in [7, 11) is 1.61. The topological polar surface area (TPSA) is 73.2 Å². The van der Waals surface area contributed by atoms with Crippen LogP contribution >= 0.6 is 11.8 Å². The number of ether oxygens (including phenoxy) is 1. The average molecular weight is 426 g/mol. The number of para-hydroxylation sites is 2. The zero-order valence-electron chi connectivity index (χ0n) is 17.7. The first-order valence-electron chi connectivity index (χ1n) is 9.96. The second kappa shape index (κ2) is 9.80. The molecule has 0 unspecified atom stereocenters. The molecule has 0 saturated carbocycles. The van der Waals surface area contributed by atoms with Gasteiger partial charge in [0.25, 0.3) is 5.56 Å². The first-order chi connectivity index (χ1) is 14.4. The molecule has 0 radical (unpaired) electrons. The van der Waals surface area contributed by atoms with Crippen LogP contribution in [-0.4, -0.2) is 27.8 Å². The quantitative estimate of drug-likeness (QED) is 0.438. The van der Waals surface area contributed by atoms with Gasteiger partial charge in [-0.3, -0.25) is 14.2 Å². The van der Waals surface area contributed by atoms with Crippen LogP contribution in [0.3, 0.4) is 0 Å². The van der Waals surface area contributed by atoms with E-state index in [0.717, 1.165) is 11.3 Å². The van der Waals surface area contributed by atoms with Gasteiger partial charge in [-0.25, -0.2) is 4.98 Å². The lowest BCUT2D eigenvalue weighted by Gasteiger charge is -2.18. The van der Waals surface area contributed by atoms with E-state index in [1.807, 2.05) is 49.4 Å². The Morgan fingerprint density at radius 1 is 1.13 bits per heavy atom. The van der Waals surface area contributed by atoms with Gasteiger partial charge < -0.3 is 10.1 Å². The van der Waals surface area contributed by atoms with Crippen LogP contribution in [0.1, 0.15) is 26.3 Å². The van der Waals surface area contributed by atoms with Crippen molar-refractivity contribution in [1.29, 1.82) is 0 Å². The van der Waals surface area contributed by atoms with Gasteiger partial charge in [0, 0.05) is 18.7 Å². The monoisotopic (exact) mass is 425 g/mol. The van der Waals surface area contributed by atoms with Gasteiger partial charge in [0.15, 0.2) is 5.16 Å². The Morgan fingerprint density at radius 2 is 1.83 bits per heavy atom. The number of fused-ring (bicyclic) bond motifs is 1. The Morgan fingerprint density at radius 3 is 2.57 bits per heavy atom. The summed E-state index contributed by atoms with van der Waals surface area (Å²) in [6.45, 7) is 6.86. The number of carbonyl (C=O) groups is 1. The van der Waals surface area contributed by atoms with Gasteiger partial charge in [-0.2, -0.15) is 0 Å². The smallest absolute Gasteiger partial charge is 0.262 e. The molecule has 0 aliphatic carbocycles. The molecule has 1 N–H and O–H groups in total. The summed E-state index contributed by atoms with van der Waals surface area (Å²) in [5, 5.41) is 3.70. The lowest BCUT2D eigenvalue weighted by atomic mass is 10.2. The first kappa shape index (κ1) is 21.9. The van der Waals surface area contributed by atoms with Crippen molar-refractivity contribution in [3.8, 4) is 5.75 Å². The number of methoxy groups -OCH3 is 1. The summed E-state index contributed by atoms with van der Waals surface area (Å²) in [5.41, 5.74) is 1.48. The maximum absolute atomic E-state index is 13.0. The molecule has 0 aliphatic heterocycles. The van der Waals surface area contributed by atoms with Crippen LogP contribution in [0.15, 0.2) is 58.5 Å². The molecule has 0 aliphatic rings. The maximum Gasteiger partial charge on any atom is 0.262 e. The van der Waals surface area contributed by atoms with Gasteiger partial charge in [-0.15, -0.1) is 0 Å². The molecular weight excluding hydrogens is 398 g/mol. The van der Waals surface area contributed by atoms with Crippen molar-refractivity contribution < 1.29 is 9.53 Å². The molecule has 30 heavy (non-hydrogen) atoms. The van der Waals surface area contributed by atoms with Gasteiger partial charge >= 0.3 is 0 Å². The number of carbonyl (C=O) groups excluding carboxylic acids is 1. The summed E-state index contributed by atoms with van der Waals surface area (Å²) < 4.78 is 7.02. The highest BCUT2D eigenvalue weighted by atomic mass is 32.2. The fourth-order valence-corrected chi connectivity index (χ4v) is 4.09. The van der Waals surface area contributed by atoms with E-state index in [4.69, 9.17) is 4.74 Å². The van der Waals surface area contributed by atoms with Crippen LogP contribution in [-0.2, 0) is 17.9 Å². The molecule has 1 amide bonds. The highest BCUT2D eigenvalue weighted by Gasteiger charge is 2.20. The van der Waals surface area contributed by atoms with Crippen molar-refractivity contribution in [2.24, 2.45) is 5.92 Å². The molecule has 1 heterocycles. The summed E-state index contributed by atoms with van der Waals surface area (Å²) in [6, 6.07) is 14.9. The number of amides is 1. The summed E-state index contributed by atoms with van der Waals surface area (Å²) in [6.07, 6.45) is 0. The molecule has 7 heteroatoms. The molecular formula is C23H27N3O3S. The van der Waals surface area contributed by atoms with Crippen molar-refractivity contribution in [1.82, 2.24) is 14.9 Å². The minimum Gasteiger partial charge on any atom is -0.496 e. The van der Waals surface area contributed by atoms with E-state index in [1.54, 1.807) is 17.7 Å². The minimum absolute atomic E-state index is 0.0709. The molecule has 3 aromatic rings. The molecule has 0 spiro atoms. The zero-order valence-corrected chi connectivity index (χ0v) is 18.5. The number of nitrogens with one attached hydrogen (secondary N) is 1. The number of rotatable bonds is 8. The SMILES string of the molecule is COc1ccccc1CNC(=O)[C@@H](C)Sc1nc2ccccc2c(=O)n1CC(C)C. The van der Waals surface area contributed by atoms with Gasteiger partial charge in [0.2, 0.25) is 5.91 Å². The second-order valence-electron chi connectivity index (χ2n) is 7.51. The molecule has 1 atom stereocenters. The molecule has 1 aromatic heterocycles. The normalized spacial score (nSPS) is 12.2. The number of aromatic nitrogens is 2. The molecule has 3 rings (SSSR count). The Bertz CT molecular complexity index is 1090. The van der Waals surface area contributed by atoms with E-state index >= 15 is 0 Å². The molecule has 0 saturated heterocycles. The Kier molecular flexibility index (Phi) is 7.15. The van der Waals surface area contributed by atoms with Crippen LogP contribution < -0.4 is 15.6 Å². The maximum atomic E-state index is 13.0. The summed E-state index contributed by atoms with van der Waals surface area (Å²) >= 11 is 1.30. The third-order valence-electron chi connectivity index (χ3n) is 4.67. The van der Waals surface area contributed by atoms with Gasteiger partial charge in [0.05, 0.1) is 23.3 Å². The van der Waals surface area contributed by atoms with Gasteiger partial charge in [-0.1, -0.05) is 55.9 Å². The fourth-order valence-electron chi connectivity index (χ4n) is 3.15. The van der Waals surface area contributed by atoms with E-state index in [-0.39, 0.29) is 17.4 Å². The van der Waals surface area contributed by atoms with Gasteiger partial charge in [-0.05, 0) is 31.0 Å². The van der Waals surface area contributed by atoms with E-state index in [9.17, 15) is 9.59 Å². The highest BCUT2D eigenvalue weighted by molar-refractivity contribution is 8.00. The van der Waals surface area contributed by atoms with Crippen molar-refractivity contribution in [2.75, 3.05) is 7.11 Å². The number of hydrogen-bond donors (Lipinski definition) is 1. The lowest BCUT2D eigenvalue weighted by molar-refractivity contribution is -0.120. The van der Waals surface area contributed by atoms with Crippen LogP contribution in [0.4, 0.5) is 0 Å². The predicted octanol–water partition coefficient (Wildman–Crippen LogP) is 3.86. The average Bonchev–Trinajstić information content (AvgIpc) is 2.74. The second-order valence-corrected chi connectivity index (χ2v) is 8.82. The van der Waals surface area contributed by atoms with Crippen LogP contribution in [0.5, 0.6) is 5.75 Å². The third kappa shape index (κ3) is 5.02. The van der Waals surface area contributed by atoms with Crippen molar-refractivity contribution >= 4 is 28.6 Å². The van der Waals surface area contributed by atoms with E-state index < -0.39 is 5.25 Å².